The molecule has 0 bridgehead atoms. The number of aromatic carboxylic acids is 1. The minimum atomic E-state index is -1.56. The van der Waals surface area contributed by atoms with Crippen LogP contribution in [0.25, 0.3) is 0 Å². The van der Waals surface area contributed by atoms with Gasteiger partial charge in [0.1, 0.15) is 11.6 Å². The molecule has 0 saturated heterocycles. The first-order chi connectivity index (χ1) is 9.27. The number of hydrogen-bond acceptors (Lipinski definition) is 5. The third-order valence-corrected chi connectivity index (χ3v) is 2.52. The van der Waals surface area contributed by atoms with Crippen molar-refractivity contribution in [3.05, 3.63) is 33.6 Å². The number of carboxylic acids is 1. The van der Waals surface area contributed by atoms with E-state index in [1.54, 1.807) is 0 Å². The van der Waals surface area contributed by atoms with Crippen molar-refractivity contribution in [1.82, 2.24) is 5.32 Å². The number of likely N-dealkylation sites (N-methyl/N-ethyl adjacent to an activating group) is 1. The highest BCUT2D eigenvalue weighted by molar-refractivity contribution is 5.94. The average molecular weight is 285 g/mol. The summed E-state index contributed by atoms with van der Waals surface area (Å²) < 4.78 is 13.7. The van der Waals surface area contributed by atoms with Crippen LogP contribution in [0.5, 0.6) is 0 Å². The standard InChI is InChI=1S/C11H12FN3O5/c1-5(10(16)13-2)14-8-3-6(11(17)18)9(15(19)20)4-7(8)12/h3-5,14H,1-2H3,(H,13,16)(H,17,18). The molecule has 20 heavy (non-hydrogen) atoms. The number of nitrogens with one attached hydrogen (secondary N) is 2. The number of amides is 1. The van der Waals surface area contributed by atoms with Crippen LogP contribution in [-0.2, 0) is 4.79 Å². The van der Waals surface area contributed by atoms with E-state index in [4.69, 9.17) is 5.11 Å². The SMILES string of the molecule is CNC(=O)C(C)Nc1cc(C(=O)O)c([N+](=O)[O-])cc1F. The summed E-state index contributed by atoms with van der Waals surface area (Å²) in [5, 5.41) is 24.3. The molecule has 1 amide bonds. The molecule has 0 saturated carbocycles. The fourth-order valence-electron chi connectivity index (χ4n) is 1.51. The monoisotopic (exact) mass is 285 g/mol. The molecular weight excluding hydrogens is 273 g/mol. The van der Waals surface area contributed by atoms with Crippen molar-refractivity contribution >= 4 is 23.3 Å². The zero-order chi connectivity index (χ0) is 15.4. The lowest BCUT2D eigenvalue weighted by Gasteiger charge is -2.14. The number of nitrogens with zero attached hydrogens (tertiary/aromatic N) is 1. The minimum absolute atomic E-state index is 0.302. The Morgan fingerprint density at radius 1 is 1.45 bits per heavy atom. The lowest BCUT2D eigenvalue weighted by atomic mass is 10.1. The molecule has 8 nitrogen and oxygen atoms in total. The molecule has 0 fully saturated rings. The van der Waals surface area contributed by atoms with Crippen molar-refractivity contribution in [2.75, 3.05) is 12.4 Å². The largest absolute Gasteiger partial charge is 0.477 e. The van der Waals surface area contributed by atoms with Gasteiger partial charge in [0.25, 0.3) is 5.69 Å². The van der Waals surface area contributed by atoms with Crippen LogP contribution in [0.2, 0.25) is 0 Å². The molecular formula is C11H12FN3O5. The highest BCUT2D eigenvalue weighted by Crippen LogP contribution is 2.26. The third kappa shape index (κ3) is 3.19. The maximum atomic E-state index is 13.7. The Labute approximate surface area is 112 Å². The first-order valence-corrected chi connectivity index (χ1v) is 5.47. The average Bonchev–Trinajstić information content (AvgIpc) is 2.38. The van der Waals surface area contributed by atoms with Crippen molar-refractivity contribution in [3.8, 4) is 0 Å². The van der Waals surface area contributed by atoms with Gasteiger partial charge in [-0.25, -0.2) is 9.18 Å². The van der Waals surface area contributed by atoms with Crippen LogP contribution in [0.15, 0.2) is 12.1 Å². The predicted octanol–water partition coefficient (Wildman–Crippen LogP) is 0.978. The summed E-state index contributed by atoms with van der Waals surface area (Å²) in [6.45, 7) is 1.43. The van der Waals surface area contributed by atoms with Crippen molar-refractivity contribution in [1.29, 1.82) is 0 Å². The Bertz CT molecular complexity index is 575. The van der Waals surface area contributed by atoms with Crippen LogP contribution in [-0.4, -0.2) is 35.0 Å². The van der Waals surface area contributed by atoms with E-state index in [2.05, 4.69) is 10.6 Å². The second kappa shape index (κ2) is 5.95. The van der Waals surface area contributed by atoms with Crippen LogP contribution in [0.4, 0.5) is 15.8 Å². The number of nitro benzene ring substituents is 1. The molecule has 1 aromatic rings. The number of anilines is 1. The Morgan fingerprint density at radius 3 is 2.50 bits per heavy atom. The molecule has 1 atom stereocenters. The summed E-state index contributed by atoms with van der Waals surface area (Å²) in [6.07, 6.45) is 0. The number of hydrogen-bond donors (Lipinski definition) is 3. The number of carboxylic acid groups (broad SMARTS) is 1. The molecule has 0 spiro atoms. The van der Waals surface area contributed by atoms with Gasteiger partial charge >= 0.3 is 5.97 Å². The fraction of sp³-hybridized carbons (Fsp3) is 0.273. The second-order valence-electron chi connectivity index (χ2n) is 3.89. The molecule has 0 aliphatic heterocycles. The third-order valence-electron chi connectivity index (χ3n) is 2.52. The fourth-order valence-corrected chi connectivity index (χ4v) is 1.51. The highest BCUT2D eigenvalue weighted by Gasteiger charge is 2.24. The minimum Gasteiger partial charge on any atom is -0.477 e. The summed E-state index contributed by atoms with van der Waals surface area (Å²) in [6, 6.07) is 0.454. The Balaban J connectivity index is 3.22. The van der Waals surface area contributed by atoms with E-state index < -0.39 is 39.9 Å². The first kappa shape index (κ1) is 15.3. The van der Waals surface area contributed by atoms with Gasteiger partial charge in [-0.1, -0.05) is 0 Å². The molecule has 108 valence electrons. The molecule has 0 aromatic heterocycles. The Kier molecular flexibility index (Phi) is 4.57. The molecule has 1 unspecified atom stereocenters. The molecule has 1 aromatic carbocycles. The lowest BCUT2D eigenvalue weighted by molar-refractivity contribution is -0.385. The van der Waals surface area contributed by atoms with Crippen LogP contribution in [0, 0.1) is 15.9 Å². The molecule has 0 aliphatic rings. The van der Waals surface area contributed by atoms with Crippen molar-refractivity contribution in [2.45, 2.75) is 13.0 Å². The van der Waals surface area contributed by atoms with Crippen molar-refractivity contribution in [2.24, 2.45) is 0 Å². The predicted molar refractivity (Wildman–Crippen MR) is 67.2 cm³/mol. The van der Waals surface area contributed by atoms with Crippen LogP contribution < -0.4 is 10.6 Å². The van der Waals surface area contributed by atoms with Gasteiger partial charge in [0.15, 0.2) is 5.82 Å². The maximum Gasteiger partial charge on any atom is 0.342 e. The number of benzene rings is 1. The van der Waals surface area contributed by atoms with Crippen LogP contribution >= 0.6 is 0 Å². The van der Waals surface area contributed by atoms with Gasteiger partial charge in [0, 0.05) is 7.05 Å². The van der Waals surface area contributed by atoms with Gasteiger partial charge in [-0.05, 0) is 13.0 Å². The summed E-state index contributed by atoms with van der Waals surface area (Å²) in [5.41, 5.74) is -1.82. The highest BCUT2D eigenvalue weighted by atomic mass is 19.1. The molecule has 9 heteroatoms. The topological polar surface area (TPSA) is 122 Å². The van der Waals surface area contributed by atoms with Crippen LogP contribution in [0.1, 0.15) is 17.3 Å². The summed E-state index contributed by atoms with van der Waals surface area (Å²) in [5.74, 6) is -3.02. The zero-order valence-electron chi connectivity index (χ0n) is 10.6. The molecule has 1 rings (SSSR count). The first-order valence-electron chi connectivity index (χ1n) is 5.47. The summed E-state index contributed by atoms with van der Waals surface area (Å²) in [7, 11) is 1.38. The van der Waals surface area contributed by atoms with E-state index in [0.29, 0.717) is 6.07 Å². The van der Waals surface area contributed by atoms with E-state index in [1.165, 1.54) is 14.0 Å². The van der Waals surface area contributed by atoms with Gasteiger partial charge in [-0.2, -0.15) is 0 Å². The van der Waals surface area contributed by atoms with Gasteiger partial charge in [0.05, 0.1) is 16.7 Å². The van der Waals surface area contributed by atoms with Gasteiger partial charge in [0.2, 0.25) is 5.91 Å². The zero-order valence-corrected chi connectivity index (χ0v) is 10.6. The number of nitro groups is 1. The van der Waals surface area contributed by atoms with Crippen LogP contribution in [0.3, 0.4) is 0 Å². The Hall–Kier alpha value is -2.71. The summed E-state index contributed by atoms with van der Waals surface area (Å²) >= 11 is 0. The van der Waals surface area contributed by atoms with E-state index in [1.807, 2.05) is 0 Å². The van der Waals surface area contributed by atoms with Gasteiger partial charge in [-0.3, -0.25) is 14.9 Å². The molecule has 3 N–H and O–H groups in total. The number of carbonyl (C=O) groups is 2. The smallest absolute Gasteiger partial charge is 0.342 e. The van der Waals surface area contributed by atoms with Gasteiger partial charge < -0.3 is 15.7 Å². The van der Waals surface area contributed by atoms with E-state index >= 15 is 0 Å². The van der Waals surface area contributed by atoms with E-state index in [-0.39, 0.29) is 5.69 Å². The number of rotatable bonds is 5. The van der Waals surface area contributed by atoms with E-state index in [0.717, 1.165) is 6.07 Å². The summed E-state index contributed by atoms with van der Waals surface area (Å²) in [4.78, 5) is 31.9. The quantitative estimate of drug-likeness (QED) is 0.547. The Morgan fingerprint density at radius 2 is 2.05 bits per heavy atom. The number of carbonyl (C=O) groups excluding carboxylic acids is 1. The second-order valence-corrected chi connectivity index (χ2v) is 3.89. The van der Waals surface area contributed by atoms with Gasteiger partial charge in [-0.15, -0.1) is 0 Å². The lowest BCUT2D eigenvalue weighted by Crippen LogP contribution is -2.35. The number of halogens is 1. The molecule has 0 radical (unpaired) electrons. The van der Waals surface area contributed by atoms with Crippen molar-refractivity contribution in [3.63, 3.8) is 0 Å². The van der Waals surface area contributed by atoms with E-state index in [9.17, 15) is 24.1 Å². The molecule has 0 heterocycles. The van der Waals surface area contributed by atoms with Crippen molar-refractivity contribution < 1.29 is 24.0 Å². The molecule has 0 aliphatic carbocycles. The maximum absolute atomic E-state index is 13.7. The normalized spacial score (nSPS) is 11.6.